The van der Waals surface area contributed by atoms with Crippen molar-refractivity contribution < 1.29 is 0 Å². The van der Waals surface area contributed by atoms with Gasteiger partial charge in [0.15, 0.2) is 0 Å². The van der Waals surface area contributed by atoms with Crippen LogP contribution < -0.4 is 10.6 Å². The molecule has 1 aromatic carbocycles. The van der Waals surface area contributed by atoms with Crippen molar-refractivity contribution in [3.8, 4) is 0 Å². The van der Waals surface area contributed by atoms with Crippen LogP contribution in [0.5, 0.6) is 0 Å². The van der Waals surface area contributed by atoms with Crippen LogP contribution in [0.15, 0.2) is 34.8 Å². The minimum atomic E-state index is 0.387. The summed E-state index contributed by atoms with van der Waals surface area (Å²) in [5.41, 5.74) is 9.96. The fourth-order valence-corrected chi connectivity index (χ4v) is 2.85. The first-order valence-corrected chi connectivity index (χ1v) is 7.82. The monoisotopic (exact) mass is 363 g/mol. The van der Waals surface area contributed by atoms with Crippen LogP contribution in [-0.2, 0) is 6.54 Å². The number of nitrogens with two attached hydrogens (primary N) is 1. The lowest BCUT2D eigenvalue weighted by molar-refractivity contribution is 0.888. The Hall–Kier alpha value is -1.46. The third-order valence-electron chi connectivity index (χ3n) is 3.27. The number of nitrogens with zero attached hydrogens (tertiary/aromatic N) is 2. The van der Waals surface area contributed by atoms with E-state index in [9.17, 15) is 0 Å². The van der Waals surface area contributed by atoms with Gasteiger partial charge in [-0.15, -0.1) is 0 Å². The highest BCUT2D eigenvalue weighted by atomic mass is 79.9. The summed E-state index contributed by atoms with van der Waals surface area (Å²) in [6.07, 6.45) is 0. The SMILES string of the molecule is Cc1cc(C)c(C(N)=S)c(N(C)Cc2ccc(Br)cc2)n1. The highest BCUT2D eigenvalue weighted by Crippen LogP contribution is 2.23. The summed E-state index contributed by atoms with van der Waals surface area (Å²) in [5.74, 6) is 0.836. The maximum absolute atomic E-state index is 5.88. The molecule has 3 nitrogen and oxygen atoms in total. The van der Waals surface area contributed by atoms with Gasteiger partial charge in [-0.1, -0.05) is 40.3 Å². The molecule has 0 bridgehead atoms. The number of rotatable bonds is 4. The van der Waals surface area contributed by atoms with Gasteiger partial charge in [0.05, 0.1) is 5.56 Å². The van der Waals surface area contributed by atoms with Crippen LogP contribution in [-0.4, -0.2) is 17.0 Å². The molecule has 2 N–H and O–H groups in total. The Labute approximate surface area is 139 Å². The number of thiocarbonyl (C=S) groups is 1. The van der Waals surface area contributed by atoms with Crippen LogP contribution in [0, 0.1) is 13.8 Å². The van der Waals surface area contributed by atoms with Crippen molar-refractivity contribution in [1.82, 2.24) is 4.98 Å². The van der Waals surface area contributed by atoms with Crippen molar-refractivity contribution >= 4 is 39.0 Å². The van der Waals surface area contributed by atoms with Gasteiger partial charge in [0.2, 0.25) is 0 Å². The summed E-state index contributed by atoms with van der Waals surface area (Å²) < 4.78 is 1.07. The molecule has 21 heavy (non-hydrogen) atoms. The number of hydrogen-bond acceptors (Lipinski definition) is 3. The second-order valence-corrected chi connectivity index (χ2v) is 6.48. The molecule has 2 aromatic rings. The van der Waals surface area contributed by atoms with Gasteiger partial charge < -0.3 is 10.6 Å². The standard InChI is InChI=1S/C16H18BrN3S/c1-10-8-11(2)19-16(14(10)15(18)21)20(3)9-12-4-6-13(17)7-5-12/h4-8H,9H2,1-3H3,(H2,18,21). The van der Waals surface area contributed by atoms with Crippen LogP contribution in [0.2, 0.25) is 0 Å². The lowest BCUT2D eigenvalue weighted by Gasteiger charge is -2.23. The van der Waals surface area contributed by atoms with E-state index in [0.717, 1.165) is 33.7 Å². The minimum absolute atomic E-state index is 0.387. The van der Waals surface area contributed by atoms with Gasteiger partial charge in [0.1, 0.15) is 10.8 Å². The molecule has 0 saturated heterocycles. The lowest BCUT2D eigenvalue weighted by Crippen LogP contribution is -2.24. The second-order valence-electron chi connectivity index (χ2n) is 5.13. The molecule has 0 aliphatic heterocycles. The lowest BCUT2D eigenvalue weighted by atomic mass is 10.1. The Kier molecular flexibility index (Phi) is 4.96. The number of aromatic nitrogens is 1. The summed E-state index contributed by atoms with van der Waals surface area (Å²) in [6.45, 7) is 4.74. The Bertz CT molecular complexity index is 668. The fraction of sp³-hybridized carbons (Fsp3) is 0.250. The predicted octanol–water partition coefficient (Wildman–Crippen LogP) is 3.73. The van der Waals surface area contributed by atoms with Gasteiger partial charge in [-0.3, -0.25) is 0 Å². The van der Waals surface area contributed by atoms with Crippen molar-refractivity contribution in [2.45, 2.75) is 20.4 Å². The average Bonchev–Trinajstić information content (AvgIpc) is 2.39. The third kappa shape index (κ3) is 3.80. The molecule has 0 spiro atoms. The van der Waals surface area contributed by atoms with Gasteiger partial charge in [-0.2, -0.15) is 0 Å². The highest BCUT2D eigenvalue weighted by molar-refractivity contribution is 9.10. The first-order chi connectivity index (χ1) is 9.88. The van der Waals surface area contributed by atoms with E-state index < -0.39 is 0 Å². The van der Waals surface area contributed by atoms with E-state index in [0.29, 0.717) is 4.99 Å². The Balaban J connectivity index is 2.36. The molecule has 0 aliphatic rings. The first kappa shape index (κ1) is 15.9. The molecule has 1 heterocycles. The summed E-state index contributed by atoms with van der Waals surface area (Å²) in [7, 11) is 2.00. The van der Waals surface area contributed by atoms with Crippen molar-refractivity contribution in [2.24, 2.45) is 5.73 Å². The smallest absolute Gasteiger partial charge is 0.139 e. The molecule has 0 fully saturated rings. The number of benzene rings is 1. The molecule has 0 aliphatic carbocycles. The zero-order valence-corrected chi connectivity index (χ0v) is 14.8. The highest BCUT2D eigenvalue weighted by Gasteiger charge is 2.15. The Morgan fingerprint density at radius 3 is 2.48 bits per heavy atom. The van der Waals surface area contributed by atoms with Crippen molar-refractivity contribution in [1.29, 1.82) is 0 Å². The maximum atomic E-state index is 5.88. The first-order valence-electron chi connectivity index (χ1n) is 6.62. The predicted molar refractivity (Wildman–Crippen MR) is 95.8 cm³/mol. The molecule has 1 aromatic heterocycles. The maximum Gasteiger partial charge on any atom is 0.139 e. The van der Waals surface area contributed by atoms with Crippen molar-refractivity contribution in [3.05, 3.63) is 57.2 Å². The van der Waals surface area contributed by atoms with E-state index in [-0.39, 0.29) is 0 Å². The fourth-order valence-electron chi connectivity index (χ4n) is 2.34. The van der Waals surface area contributed by atoms with E-state index in [2.05, 4.69) is 37.9 Å². The zero-order chi connectivity index (χ0) is 15.6. The summed E-state index contributed by atoms with van der Waals surface area (Å²) in [5, 5.41) is 0. The molecule has 0 saturated carbocycles. The van der Waals surface area contributed by atoms with Crippen LogP contribution in [0.1, 0.15) is 22.4 Å². The minimum Gasteiger partial charge on any atom is -0.389 e. The number of halogens is 1. The Morgan fingerprint density at radius 1 is 1.29 bits per heavy atom. The largest absolute Gasteiger partial charge is 0.389 e. The molecule has 0 atom stereocenters. The van der Waals surface area contributed by atoms with Gasteiger partial charge in [0, 0.05) is 23.8 Å². The van der Waals surface area contributed by atoms with E-state index in [1.165, 1.54) is 5.56 Å². The van der Waals surface area contributed by atoms with Gasteiger partial charge in [0.25, 0.3) is 0 Å². The van der Waals surface area contributed by atoms with E-state index in [4.69, 9.17) is 18.0 Å². The van der Waals surface area contributed by atoms with Crippen molar-refractivity contribution in [3.63, 3.8) is 0 Å². The molecular weight excluding hydrogens is 346 g/mol. The molecular formula is C16H18BrN3S. The van der Waals surface area contributed by atoms with Crippen LogP contribution in [0.25, 0.3) is 0 Å². The van der Waals surface area contributed by atoms with Gasteiger partial charge in [-0.05, 0) is 43.2 Å². The van der Waals surface area contributed by atoms with E-state index >= 15 is 0 Å². The van der Waals surface area contributed by atoms with Gasteiger partial charge >= 0.3 is 0 Å². The molecule has 0 amide bonds. The number of pyridine rings is 1. The van der Waals surface area contributed by atoms with Crippen LogP contribution in [0.3, 0.4) is 0 Å². The third-order valence-corrected chi connectivity index (χ3v) is 4.00. The average molecular weight is 364 g/mol. The van der Waals surface area contributed by atoms with Crippen molar-refractivity contribution in [2.75, 3.05) is 11.9 Å². The van der Waals surface area contributed by atoms with Crippen LogP contribution >= 0.6 is 28.1 Å². The quantitative estimate of drug-likeness (QED) is 0.840. The summed E-state index contributed by atoms with van der Waals surface area (Å²) in [6, 6.07) is 10.2. The van der Waals surface area contributed by atoms with Crippen LogP contribution in [0.4, 0.5) is 5.82 Å². The van der Waals surface area contributed by atoms with E-state index in [1.54, 1.807) is 0 Å². The normalized spacial score (nSPS) is 10.5. The molecule has 5 heteroatoms. The second kappa shape index (κ2) is 6.54. The summed E-state index contributed by atoms with van der Waals surface area (Å²) in [4.78, 5) is 7.09. The Morgan fingerprint density at radius 2 is 1.90 bits per heavy atom. The molecule has 110 valence electrons. The number of hydrogen-bond donors (Lipinski definition) is 1. The number of aryl methyl sites for hydroxylation is 2. The van der Waals surface area contributed by atoms with Gasteiger partial charge in [-0.25, -0.2) is 4.98 Å². The molecule has 0 radical (unpaired) electrons. The molecule has 0 unspecified atom stereocenters. The molecule has 2 rings (SSSR count). The topological polar surface area (TPSA) is 42.1 Å². The summed E-state index contributed by atoms with van der Waals surface area (Å²) >= 11 is 8.63. The van der Waals surface area contributed by atoms with E-state index in [1.807, 2.05) is 39.1 Å². The number of anilines is 1. The zero-order valence-electron chi connectivity index (χ0n) is 12.4.